The fraction of sp³-hybridized carbons (Fsp3) is 0.0526. The van der Waals surface area contributed by atoms with Crippen LogP contribution in [0.4, 0.5) is 0 Å². The lowest BCUT2D eigenvalue weighted by Gasteiger charge is -2.15. The van der Waals surface area contributed by atoms with Crippen molar-refractivity contribution < 1.29 is 0 Å². The van der Waals surface area contributed by atoms with Gasteiger partial charge in [0, 0.05) is 38.7 Å². The third-order valence-corrected chi connectivity index (χ3v) is 7.95. The first-order chi connectivity index (χ1) is 19.7. The van der Waals surface area contributed by atoms with E-state index in [-0.39, 0.29) is 0 Å². The number of fused-ring (bicyclic) bond motifs is 3. The molecular weight excluding hydrogens is 484 g/mol. The summed E-state index contributed by atoms with van der Waals surface area (Å²) >= 11 is 0. The van der Waals surface area contributed by atoms with E-state index >= 15 is 0 Å². The highest BCUT2D eigenvalue weighted by Crippen LogP contribution is 2.43. The molecule has 6 aromatic rings. The van der Waals surface area contributed by atoms with Gasteiger partial charge in [-0.2, -0.15) is 0 Å². The second-order valence-corrected chi connectivity index (χ2v) is 10.3. The molecule has 0 saturated carbocycles. The molecule has 7 rings (SSSR count). The summed E-state index contributed by atoms with van der Waals surface area (Å²) in [4.78, 5) is 0. The van der Waals surface area contributed by atoms with Crippen LogP contribution in [0.1, 0.15) is 13.3 Å². The van der Waals surface area contributed by atoms with Crippen molar-refractivity contribution in [3.8, 4) is 0 Å². The Kier molecular flexibility index (Phi) is 5.75. The van der Waals surface area contributed by atoms with Crippen LogP contribution in [0.15, 0.2) is 140 Å². The Hall–Kier alpha value is -5.08. The zero-order valence-corrected chi connectivity index (χ0v) is 22.6. The van der Waals surface area contributed by atoms with E-state index in [1.165, 1.54) is 53.9 Å². The molecule has 0 aliphatic heterocycles. The molecular formula is C38H30N2. The highest BCUT2D eigenvalue weighted by Gasteiger charge is 2.22. The fourth-order valence-corrected chi connectivity index (χ4v) is 6.20. The monoisotopic (exact) mass is 514 g/mol. The summed E-state index contributed by atoms with van der Waals surface area (Å²) in [6, 6.07) is 24.5. The van der Waals surface area contributed by atoms with Gasteiger partial charge in [-0.15, -0.1) is 0 Å². The van der Waals surface area contributed by atoms with Crippen LogP contribution >= 0.6 is 0 Å². The van der Waals surface area contributed by atoms with Crippen LogP contribution < -0.4 is 10.4 Å². The Labute approximate surface area is 233 Å². The average molecular weight is 515 g/mol. The first-order valence-electron chi connectivity index (χ1n) is 13.8. The lowest BCUT2D eigenvalue weighted by Crippen LogP contribution is -2.29. The van der Waals surface area contributed by atoms with Crippen molar-refractivity contribution in [2.45, 2.75) is 13.3 Å². The normalized spacial score (nSPS) is 18.5. The molecule has 0 fully saturated rings. The van der Waals surface area contributed by atoms with Gasteiger partial charge < -0.3 is 9.13 Å². The van der Waals surface area contributed by atoms with Gasteiger partial charge >= 0.3 is 0 Å². The minimum atomic E-state index is 0.884. The molecule has 0 spiro atoms. The Morgan fingerprint density at radius 1 is 0.875 bits per heavy atom. The van der Waals surface area contributed by atoms with Gasteiger partial charge in [-0.1, -0.05) is 110 Å². The van der Waals surface area contributed by atoms with Crippen LogP contribution in [0.25, 0.3) is 61.0 Å². The average Bonchev–Trinajstić information content (AvgIpc) is 3.55. The summed E-state index contributed by atoms with van der Waals surface area (Å²) in [5, 5.41) is 8.71. The molecule has 4 aromatic carbocycles. The van der Waals surface area contributed by atoms with Gasteiger partial charge in [0.1, 0.15) is 0 Å². The van der Waals surface area contributed by atoms with Crippen molar-refractivity contribution in [3.63, 3.8) is 0 Å². The van der Waals surface area contributed by atoms with Crippen LogP contribution in [0.2, 0.25) is 0 Å². The van der Waals surface area contributed by atoms with Gasteiger partial charge in [0.2, 0.25) is 0 Å². The molecule has 2 heterocycles. The van der Waals surface area contributed by atoms with Crippen molar-refractivity contribution in [1.29, 1.82) is 0 Å². The van der Waals surface area contributed by atoms with Crippen molar-refractivity contribution in [2.24, 2.45) is 0 Å². The van der Waals surface area contributed by atoms with Gasteiger partial charge in [-0.3, -0.25) is 0 Å². The maximum atomic E-state index is 4.59. The van der Waals surface area contributed by atoms with Crippen LogP contribution in [0.3, 0.4) is 0 Å². The molecule has 192 valence electrons. The van der Waals surface area contributed by atoms with E-state index in [1.54, 1.807) is 6.08 Å². The van der Waals surface area contributed by atoms with Gasteiger partial charge in [0.05, 0.1) is 22.2 Å². The Bertz CT molecular complexity index is 2220. The molecule has 0 bridgehead atoms. The Morgan fingerprint density at radius 3 is 2.67 bits per heavy atom. The maximum absolute atomic E-state index is 4.59. The van der Waals surface area contributed by atoms with E-state index in [9.17, 15) is 0 Å². The topological polar surface area (TPSA) is 9.86 Å². The molecule has 0 amide bonds. The minimum absolute atomic E-state index is 0.884. The van der Waals surface area contributed by atoms with Crippen LogP contribution in [-0.4, -0.2) is 9.13 Å². The molecule has 2 nitrogen and oxygen atoms in total. The number of benzene rings is 4. The molecule has 0 N–H and O–H groups in total. The molecule has 2 heteroatoms. The van der Waals surface area contributed by atoms with Gasteiger partial charge in [-0.05, 0) is 53.8 Å². The molecule has 1 aliphatic rings. The van der Waals surface area contributed by atoms with Crippen LogP contribution in [0, 0.1) is 0 Å². The van der Waals surface area contributed by atoms with Crippen molar-refractivity contribution in [3.05, 3.63) is 151 Å². The van der Waals surface area contributed by atoms with Crippen molar-refractivity contribution in [1.82, 2.24) is 9.13 Å². The summed E-state index contributed by atoms with van der Waals surface area (Å²) in [5.74, 6) is 0. The first kappa shape index (κ1) is 24.0. The largest absolute Gasteiger partial charge is 0.320 e. The summed E-state index contributed by atoms with van der Waals surface area (Å²) < 4.78 is 4.75. The third kappa shape index (κ3) is 3.65. The zero-order valence-electron chi connectivity index (χ0n) is 22.6. The number of aromatic nitrogens is 2. The molecule has 0 unspecified atom stereocenters. The third-order valence-electron chi connectivity index (χ3n) is 7.95. The van der Waals surface area contributed by atoms with Crippen LogP contribution in [0.5, 0.6) is 0 Å². The van der Waals surface area contributed by atoms with Crippen LogP contribution in [-0.2, 0) is 0 Å². The lowest BCUT2D eigenvalue weighted by molar-refractivity contribution is 1.15. The fourth-order valence-electron chi connectivity index (χ4n) is 6.20. The van der Waals surface area contributed by atoms with E-state index < -0.39 is 0 Å². The van der Waals surface area contributed by atoms with E-state index in [0.717, 1.165) is 23.4 Å². The number of hydrogen-bond acceptors (Lipinski definition) is 0. The number of allylic oxidation sites excluding steroid dienone is 10. The van der Waals surface area contributed by atoms with Gasteiger partial charge in [-0.25, -0.2) is 0 Å². The predicted molar refractivity (Wildman–Crippen MR) is 174 cm³/mol. The molecule has 0 saturated heterocycles. The highest BCUT2D eigenvalue weighted by atomic mass is 15.0. The summed E-state index contributed by atoms with van der Waals surface area (Å²) in [5.41, 5.74) is 6.89. The SMILES string of the molecule is C=C/C=C\C=C(/C)n1ccc2cc3c4c(ccc5cccc(c54)n3/C3=c4\cccc\c4=C\C/C=C\C=C/C3=C)c21. The molecule has 0 atom stereocenters. The Balaban J connectivity index is 1.67. The number of rotatable bonds is 4. The van der Waals surface area contributed by atoms with Gasteiger partial charge in [0.25, 0.3) is 0 Å². The standard InChI is InChI=1S/C38H30N2/c1-4-5-8-15-27(3)39-24-23-30-25-34-36-32(38(30)39)22-21-29-18-13-20-33(35(29)36)40(34)37-26(2)14-9-6-7-10-16-28-17-11-12-19-31(28)37/h4-9,11-25H,1-2,10H2,3H3/b7-6-,8-5-,14-9-,27-15+,28-16-,37-31+. The summed E-state index contributed by atoms with van der Waals surface area (Å²) in [7, 11) is 0. The maximum Gasteiger partial charge on any atom is 0.0606 e. The molecule has 2 aromatic heterocycles. The van der Waals surface area contributed by atoms with Crippen molar-refractivity contribution in [2.75, 3.05) is 0 Å². The van der Waals surface area contributed by atoms with E-state index in [1.807, 2.05) is 12.2 Å². The smallest absolute Gasteiger partial charge is 0.0606 e. The first-order valence-corrected chi connectivity index (χ1v) is 13.8. The molecule has 1 aliphatic carbocycles. The lowest BCUT2D eigenvalue weighted by atomic mass is 10.0. The van der Waals surface area contributed by atoms with E-state index in [4.69, 9.17) is 0 Å². The molecule has 0 radical (unpaired) electrons. The number of nitrogens with zero attached hydrogens (tertiary/aromatic N) is 2. The Morgan fingerprint density at radius 2 is 1.77 bits per heavy atom. The second kappa shape index (κ2) is 9.59. The second-order valence-electron chi connectivity index (χ2n) is 10.3. The van der Waals surface area contributed by atoms with Crippen molar-refractivity contribution >= 4 is 61.0 Å². The van der Waals surface area contributed by atoms with E-state index in [0.29, 0.717) is 0 Å². The number of hydrogen-bond donors (Lipinski definition) is 0. The zero-order chi connectivity index (χ0) is 27.2. The summed E-state index contributed by atoms with van der Waals surface area (Å²) in [6.07, 6.45) is 21.8. The van der Waals surface area contributed by atoms with Gasteiger partial charge in [0.15, 0.2) is 0 Å². The van der Waals surface area contributed by atoms with E-state index in [2.05, 4.69) is 139 Å². The predicted octanol–water partition coefficient (Wildman–Crippen LogP) is 8.45. The minimum Gasteiger partial charge on any atom is -0.320 e. The summed E-state index contributed by atoms with van der Waals surface area (Å²) in [6.45, 7) is 10.5. The highest BCUT2D eigenvalue weighted by molar-refractivity contribution is 6.30. The molecule has 40 heavy (non-hydrogen) atoms. The quantitative estimate of drug-likeness (QED) is 0.165.